The number of pyridine rings is 2. The monoisotopic (exact) mass is 408 g/mol. The number of carbonyl (C=O) groups is 1. The minimum atomic E-state index is -0.965. The van der Waals surface area contributed by atoms with E-state index in [0.29, 0.717) is 17.0 Å². The highest BCUT2D eigenvalue weighted by molar-refractivity contribution is 6.11. The average molecular weight is 408 g/mol. The van der Waals surface area contributed by atoms with E-state index in [0.717, 1.165) is 29.4 Å². The maximum atomic E-state index is 13.8. The molecule has 1 aromatic carbocycles. The van der Waals surface area contributed by atoms with Gasteiger partial charge >= 0.3 is 0 Å². The molecule has 3 aromatic heterocycles. The molecule has 0 aliphatic heterocycles. The average Bonchev–Trinajstić information content (AvgIpc) is 3.13. The molecule has 7 nitrogen and oxygen atoms in total. The van der Waals surface area contributed by atoms with Crippen molar-refractivity contribution in [3.05, 3.63) is 71.8 Å². The number of rotatable bonds is 5. The van der Waals surface area contributed by atoms with Gasteiger partial charge in [0.2, 0.25) is 0 Å². The molecule has 0 radical (unpaired) electrons. The molecule has 4 rings (SSSR count). The summed E-state index contributed by atoms with van der Waals surface area (Å²) in [5, 5.41) is 9.72. The lowest BCUT2D eigenvalue weighted by atomic mass is 10.0. The standard InChI is InChI=1S/C21H18F2N6O/c1-29(2)11-12-5-14(9-24-8-12)13-3-4-18-16(6-13)19(28-27-18)21(30)26-20-17(23)7-15(22)10-25-20/h3-10H,11H2,1-2H3,(H,27,28)(H,25,26,30). The van der Waals surface area contributed by atoms with Gasteiger partial charge in [-0.15, -0.1) is 0 Å². The van der Waals surface area contributed by atoms with Gasteiger partial charge in [-0.1, -0.05) is 6.07 Å². The molecule has 4 aromatic rings. The van der Waals surface area contributed by atoms with Crippen LogP contribution in [0.2, 0.25) is 0 Å². The van der Waals surface area contributed by atoms with Crippen LogP contribution >= 0.6 is 0 Å². The van der Waals surface area contributed by atoms with E-state index in [4.69, 9.17) is 0 Å². The molecule has 0 unspecified atom stereocenters. The topological polar surface area (TPSA) is 86.8 Å². The fourth-order valence-electron chi connectivity index (χ4n) is 3.14. The summed E-state index contributed by atoms with van der Waals surface area (Å²) in [7, 11) is 3.96. The third-order valence-corrected chi connectivity index (χ3v) is 4.44. The number of hydrogen-bond acceptors (Lipinski definition) is 5. The van der Waals surface area contributed by atoms with Crippen molar-refractivity contribution in [2.45, 2.75) is 6.54 Å². The number of nitrogens with one attached hydrogen (secondary N) is 2. The maximum absolute atomic E-state index is 13.8. The lowest BCUT2D eigenvalue weighted by Crippen LogP contribution is -2.15. The summed E-state index contributed by atoms with van der Waals surface area (Å²) >= 11 is 0. The van der Waals surface area contributed by atoms with Crippen LogP contribution in [0.15, 0.2) is 48.9 Å². The molecule has 1 amide bonds. The number of carbonyl (C=O) groups excluding carboxylic acids is 1. The molecule has 30 heavy (non-hydrogen) atoms. The van der Waals surface area contributed by atoms with Crippen LogP contribution in [0.3, 0.4) is 0 Å². The van der Waals surface area contributed by atoms with Gasteiger partial charge in [-0.2, -0.15) is 5.10 Å². The van der Waals surface area contributed by atoms with Crippen molar-refractivity contribution in [1.82, 2.24) is 25.1 Å². The second kappa shape index (κ2) is 7.96. The van der Waals surface area contributed by atoms with Crippen molar-refractivity contribution < 1.29 is 13.6 Å². The SMILES string of the molecule is CN(C)Cc1cncc(-c2ccc3[nH]nc(C(=O)Nc4ncc(F)cc4F)c3c2)c1. The van der Waals surface area contributed by atoms with E-state index in [1.54, 1.807) is 6.20 Å². The minimum Gasteiger partial charge on any atom is -0.305 e. The number of halogens is 2. The summed E-state index contributed by atoms with van der Waals surface area (Å²) in [6.07, 6.45) is 4.38. The Labute approximate surface area is 170 Å². The largest absolute Gasteiger partial charge is 0.305 e. The second-order valence-electron chi connectivity index (χ2n) is 7.09. The van der Waals surface area contributed by atoms with Crippen molar-refractivity contribution >= 4 is 22.6 Å². The predicted molar refractivity (Wildman–Crippen MR) is 109 cm³/mol. The van der Waals surface area contributed by atoms with Crippen LogP contribution in [0.5, 0.6) is 0 Å². The number of H-pyrrole nitrogens is 1. The second-order valence-corrected chi connectivity index (χ2v) is 7.09. The van der Waals surface area contributed by atoms with Gasteiger partial charge in [-0.25, -0.2) is 13.8 Å². The van der Waals surface area contributed by atoms with Crippen LogP contribution in [0.1, 0.15) is 16.1 Å². The molecule has 0 saturated carbocycles. The Morgan fingerprint density at radius 3 is 2.70 bits per heavy atom. The first-order valence-corrected chi connectivity index (χ1v) is 9.10. The van der Waals surface area contributed by atoms with Crippen LogP contribution < -0.4 is 5.32 Å². The third kappa shape index (κ3) is 4.01. The minimum absolute atomic E-state index is 0.0785. The summed E-state index contributed by atoms with van der Waals surface area (Å²) < 4.78 is 26.9. The van der Waals surface area contributed by atoms with Gasteiger partial charge in [0.25, 0.3) is 5.91 Å². The summed E-state index contributed by atoms with van der Waals surface area (Å²) in [5.74, 6) is -2.82. The van der Waals surface area contributed by atoms with E-state index < -0.39 is 17.5 Å². The lowest BCUT2D eigenvalue weighted by molar-refractivity contribution is 0.102. The first kappa shape index (κ1) is 19.6. The van der Waals surface area contributed by atoms with Gasteiger partial charge < -0.3 is 10.2 Å². The van der Waals surface area contributed by atoms with E-state index in [1.165, 1.54) is 0 Å². The van der Waals surface area contributed by atoms with Crippen LogP contribution in [-0.2, 0) is 6.54 Å². The Morgan fingerprint density at radius 2 is 1.93 bits per heavy atom. The Morgan fingerprint density at radius 1 is 1.10 bits per heavy atom. The molecule has 0 fully saturated rings. The number of benzene rings is 1. The van der Waals surface area contributed by atoms with Crippen LogP contribution in [0, 0.1) is 11.6 Å². The maximum Gasteiger partial charge on any atom is 0.278 e. The van der Waals surface area contributed by atoms with Gasteiger partial charge in [-0.3, -0.25) is 14.9 Å². The number of amides is 1. The van der Waals surface area contributed by atoms with Gasteiger partial charge in [0.15, 0.2) is 17.3 Å². The van der Waals surface area contributed by atoms with Gasteiger partial charge in [-0.05, 0) is 43.4 Å². The first-order valence-electron chi connectivity index (χ1n) is 9.10. The number of anilines is 1. The molecule has 0 aliphatic rings. The van der Waals surface area contributed by atoms with E-state index in [1.807, 2.05) is 49.5 Å². The normalized spacial score (nSPS) is 11.2. The van der Waals surface area contributed by atoms with Crippen molar-refractivity contribution in [2.24, 2.45) is 0 Å². The summed E-state index contributed by atoms with van der Waals surface area (Å²) in [4.78, 5) is 22.6. The highest BCUT2D eigenvalue weighted by Crippen LogP contribution is 2.26. The van der Waals surface area contributed by atoms with E-state index in [9.17, 15) is 13.6 Å². The summed E-state index contributed by atoms with van der Waals surface area (Å²) in [6, 6.07) is 8.21. The molecule has 0 spiro atoms. The lowest BCUT2D eigenvalue weighted by Gasteiger charge is -2.10. The fraction of sp³-hybridized carbons (Fsp3) is 0.143. The molecule has 152 valence electrons. The molecule has 0 bridgehead atoms. The molecular formula is C21H18F2N6O. The van der Waals surface area contributed by atoms with Gasteiger partial charge in [0.1, 0.15) is 5.82 Å². The Bertz CT molecular complexity index is 1240. The molecular weight excluding hydrogens is 390 g/mol. The Kier molecular flexibility index (Phi) is 5.20. The Hall–Kier alpha value is -3.72. The van der Waals surface area contributed by atoms with Crippen LogP contribution in [-0.4, -0.2) is 45.1 Å². The molecule has 0 atom stereocenters. The van der Waals surface area contributed by atoms with Crippen molar-refractivity contribution in [3.8, 4) is 11.1 Å². The Balaban J connectivity index is 1.67. The number of hydrogen-bond donors (Lipinski definition) is 2. The van der Waals surface area contributed by atoms with Gasteiger partial charge in [0.05, 0.1) is 11.7 Å². The third-order valence-electron chi connectivity index (χ3n) is 4.44. The number of aromatic nitrogens is 4. The van der Waals surface area contributed by atoms with Crippen LogP contribution in [0.4, 0.5) is 14.6 Å². The van der Waals surface area contributed by atoms with E-state index in [-0.39, 0.29) is 11.5 Å². The molecule has 0 saturated heterocycles. The quantitative estimate of drug-likeness (QED) is 0.527. The first-order chi connectivity index (χ1) is 14.4. The highest BCUT2D eigenvalue weighted by Gasteiger charge is 2.18. The number of fused-ring (bicyclic) bond motifs is 1. The van der Waals surface area contributed by atoms with Crippen LogP contribution in [0.25, 0.3) is 22.0 Å². The predicted octanol–water partition coefficient (Wildman–Crippen LogP) is 3.61. The fourth-order valence-corrected chi connectivity index (χ4v) is 3.14. The number of aromatic amines is 1. The smallest absolute Gasteiger partial charge is 0.278 e. The molecule has 9 heteroatoms. The highest BCUT2D eigenvalue weighted by atomic mass is 19.1. The summed E-state index contributed by atoms with van der Waals surface area (Å²) in [6.45, 7) is 0.749. The van der Waals surface area contributed by atoms with Crippen molar-refractivity contribution in [3.63, 3.8) is 0 Å². The summed E-state index contributed by atoms with van der Waals surface area (Å²) in [5.41, 5.74) is 3.54. The van der Waals surface area contributed by atoms with E-state index >= 15 is 0 Å². The molecule has 0 aliphatic carbocycles. The zero-order valence-electron chi connectivity index (χ0n) is 16.3. The van der Waals surface area contributed by atoms with Crippen molar-refractivity contribution in [1.29, 1.82) is 0 Å². The molecule has 2 N–H and O–H groups in total. The molecule has 3 heterocycles. The zero-order chi connectivity index (χ0) is 21.3. The van der Waals surface area contributed by atoms with E-state index in [2.05, 4.69) is 25.5 Å². The van der Waals surface area contributed by atoms with Gasteiger partial charge in [0, 0.05) is 36.0 Å². The van der Waals surface area contributed by atoms with Crippen molar-refractivity contribution in [2.75, 3.05) is 19.4 Å². The number of nitrogens with zero attached hydrogens (tertiary/aromatic N) is 4. The zero-order valence-corrected chi connectivity index (χ0v) is 16.3.